The molecule has 0 aliphatic rings. The number of rotatable bonds is 5. The van der Waals surface area contributed by atoms with Gasteiger partial charge in [-0.05, 0) is 19.1 Å². The zero-order valence-corrected chi connectivity index (χ0v) is 11.2. The summed E-state index contributed by atoms with van der Waals surface area (Å²) in [6, 6.07) is 3.99. The molecule has 102 valence electrons. The van der Waals surface area contributed by atoms with Crippen molar-refractivity contribution in [3.8, 4) is 5.75 Å². The van der Waals surface area contributed by atoms with Crippen LogP contribution in [0.15, 0.2) is 18.2 Å². The third-order valence-corrected chi connectivity index (χ3v) is 2.30. The highest BCUT2D eigenvalue weighted by Crippen LogP contribution is 2.25. The van der Waals surface area contributed by atoms with Gasteiger partial charge in [0, 0.05) is 18.5 Å². The minimum absolute atomic E-state index is 0. The summed E-state index contributed by atoms with van der Waals surface area (Å²) in [6.07, 6.45) is 0. The van der Waals surface area contributed by atoms with E-state index in [0.29, 0.717) is 18.0 Å². The van der Waals surface area contributed by atoms with Gasteiger partial charge in [-0.3, -0.25) is 4.79 Å². The molecule has 0 spiro atoms. The maximum atomic E-state index is 13.0. The number of carbonyl (C=O) groups is 1. The van der Waals surface area contributed by atoms with Gasteiger partial charge in [0.05, 0.1) is 12.3 Å². The minimum Gasteiger partial charge on any atom is -0.492 e. The van der Waals surface area contributed by atoms with E-state index in [-0.39, 0.29) is 30.8 Å². The van der Waals surface area contributed by atoms with E-state index in [1.165, 1.54) is 18.2 Å². The molecule has 18 heavy (non-hydrogen) atoms. The normalized spacial score (nSPS) is 11.3. The molecule has 6 heteroatoms. The number of ether oxygens (including phenoxy) is 1. The molecule has 0 aliphatic carbocycles. The molecule has 1 aromatic rings. The molecule has 1 atom stereocenters. The Labute approximate surface area is 112 Å². The van der Waals surface area contributed by atoms with Crippen molar-refractivity contribution in [3.05, 3.63) is 24.0 Å². The van der Waals surface area contributed by atoms with Gasteiger partial charge < -0.3 is 15.8 Å². The molecule has 0 aliphatic heterocycles. The first kappa shape index (κ1) is 16.7. The van der Waals surface area contributed by atoms with Gasteiger partial charge >= 0.3 is 0 Å². The Morgan fingerprint density at radius 2 is 2.22 bits per heavy atom. The first-order chi connectivity index (χ1) is 8.08. The monoisotopic (exact) mass is 276 g/mol. The van der Waals surface area contributed by atoms with Crippen molar-refractivity contribution in [2.75, 3.05) is 18.5 Å². The van der Waals surface area contributed by atoms with E-state index in [4.69, 9.17) is 10.5 Å². The van der Waals surface area contributed by atoms with Crippen LogP contribution < -0.4 is 15.8 Å². The molecule has 0 saturated heterocycles. The Hall–Kier alpha value is -1.33. The number of anilines is 1. The number of benzene rings is 1. The lowest BCUT2D eigenvalue weighted by Gasteiger charge is -2.13. The van der Waals surface area contributed by atoms with Crippen molar-refractivity contribution < 1.29 is 13.9 Å². The summed E-state index contributed by atoms with van der Waals surface area (Å²) in [5.74, 6) is -0.585. The molecular weight excluding hydrogens is 259 g/mol. The first-order valence-corrected chi connectivity index (χ1v) is 5.51. The zero-order valence-electron chi connectivity index (χ0n) is 10.4. The Kier molecular flexibility index (Phi) is 7.31. The van der Waals surface area contributed by atoms with E-state index in [9.17, 15) is 9.18 Å². The second-order valence-electron chi connectivity index (χ2n) is 3.70. The van der Waals surface area contributed by atoms with Crippen LogP contribution in [0, 0.1) is 11.7 Å². The highest BCUT2D eigenvalue weighted by molar-refractivity contribution is 5.93. The van der Waals surface area contributed by atoms with Crippen LogP contribution in [0.3, 0.4) is 0 Å². The van der Waals surface area contributed by atoms with Gasteiger partial charge in [-0.15, -0.1) is 12.4 Å². The summed E-state index contributed by atoms with van der Waals surface area (Å²) < 4.78 is 18.3. The van der Waals surface area contributed by atoms with Crippen LogP contribution in [0.1, 0.15) is 13.8 Å². The fraction of sp³-hybridized carbons (Fsp3) is 0.417. The summed E-state index contributed by atoms with van der Waals surface area (Å²) in [4.78, 5) is 11.6. The third-order valence-electron chi connectivity index (χ3n) is 2.30. The van der Waals surface area contributed by atoms with Crippen molar-refractivity contribution >= 4 is 24.0 Å². The molecule has 0 radical (unpaired) electrons. The second-order valence-corrected chi connectivity index (χ2v) is 3.70. The van der Waals surface area contributed by atoms with E-state index >= 15 is 0 Å². The summed E-state index contributed by atoms with van der Waals surface area (Å²) in [7, 11) is 0. The van der Waals surface area contributed by atoms with Gasteiger partial charge in [-0.1, -0.05) is 6.92 Å². The molecule has 0 bridgehead atoms. The molecular formula is C12H18ClFN2O2. The standard InChI is InChI=1S/C12H17FN2O2.ClH/c1-3-17-11-6-9(13)4-5-10(11)15-12(16)8(2)7-14;/h4-6,8H,3,7,14H2,1-2H3,(H,15,16);1H. The highest BCUT2D eigenvalue weighted by atomic mass is 35.5. The number of nitrogens with one attached hydrogen (secondary N) is 1. The second kappa shape index (κ2) is 7.89. The molecule has 0 fully saturated rings. The van der Waals surface area contributed by atoms with E-state index in [1.807, 2.05) is 0 Å². The summed E-state index contributed by atoms with van der Waals surface area (Å²) in [6.45, 7) is 4.17. The van der Waals surface area contributed by atoms with Gasteiger partial charge in [0.15, 0.2) is 0 Å². The van der Waals surface area contributed by atoms with Crippen molar-refractivity contribution in [1.82, 2.24) is 0 Å². The smallest absolute Gasteiger partial charge is 0.228 e. The minimum atomic E-state index is -0.404. The van der Waals surface area contributed by atoms with Crippen LogP contribution >= 0.6 is 12.4 Å². The van der Waals surface area contributed by atoms with Gasteiger partial charge in [-0.2, -0.15) is 0 Å². The number of carbonyl (C=O) groups excluding carboxylic acids is 1. The van der Waals surface area contributed by atoms with Gasteiger partial charge in [-0.25, -0.2) is 4.39 Å². The van der Waals surface area contributed by atoms with Crippen LogP contribution in [-0.4, -0.2) is 19.1 Å². The molecule has 0 aromatic heterocycles. The molecule has 1 rings (SSSR count). The van der Waals surface area contributed by atoms with Crippen molar-refractivity contribution in [2.45, 2.75) is 13.8 Å². The topological polar surface area (TPSA) is 64.3 Å². The SMILES string of the molecule is CCOc1cc(F)ccc1NC(=O)C(C)CN.Cl. The summed E-state index contributed by atoms with van der Waals surface area (Å²) in [5.41, 5.74) is 5.85. The largest absolute Gasteiger partial charge is 0.492 e. The fourth-order valence-electron chi connectivity index (χ4n) is 1.24. The maximum absolute atomic E-state index is 13.0. The van der Waals surface area contributed by atoms with Crippen LogP contribution in [-0.2, 0) is 4.79 Å². The summed E-state index contributed by atoms with van der Waals surface area (Å²) in [5, 5.41) is 2.66. The van der Waals surface area contributed by atoms with E-state index in [0.717, 1.165) is 0 Å². The van der Waals surface area contributed by atoms with E-state index < -0.39 is 5.82 Å². The van der Waals surface area contributed by atoms with Gasteiger partial charge in [0.1, 0.15) is 11.6 Å². The average molecular weight is 277 g/mol. The Bertz CT molecular complexity index is 402. The Morgan fingerprint density at radius 3 is 2.78 bits per heavy atom. The van der Waals surface area contributed by atoms with Crippen molar-refractivity contribution in [3.63, 3.8) is 0 Å². The number of amides is 1. The lowest BCUT2D eigenvalue weighted by Crippen LogP contribution is -2.26. The van der Waals surface area contributed by atoms with Crippen molar-refractivity contribution in [2.24, 2.45) is 11.7 Å². The number of hydrogen-bond donors (Lipinski definition) is 2. The lowest BCUT2D eigenvalue weighted by atomic mass is 10.1. The van der Waals surface area contributed by atoms with Crippen molar-refractivity contribution in [1.29, 1.82) is 0 Å². The zero-order chi connectivity index (χ0) is 12.8. The fourth-order valence-corrected chi connectivity index (χ4v) is 1.24. The lowest BCUT2D eigenvalue weighted by molar-refractivity contribution is -0.119. The predicted molar refractivity (Wildman–Crippen MR) is 71.7 cm³/mol. The maximum Gasteiger partial charge on any atom is 0.228 e. The molecule has 1 unspecified atom stereocenters. The van der Waals surface area contributed by atoms with Crippen LogP contribution in [0.5, 0.6) is 5.75 Å². The van der Waals surface area contributed by atoms with Gasteiger partial charge in [0.2, 0.25) is 5.91 Å². The number of nitrogens with two attached hydrogens (primary N) is 1. The van der Waals surface area contributed by atoms with Crippen LogP contribution in [0.4, 0.5) is 10.1 Å². The molecule has 0 heterocycles. The molecule has 3 N–H and O–H groups in total. The van der Waals surface area contributed by atoms with E-state index in [2.05, 4.69) is 5.32 Å². The number of hydrogen-bond acceptors (Lipinski definition) is 3. The first-order valence-electron chi connectivity index (χ1n) is 5.51. The predicted octanol–water partition coefficient (Wildman–Crippen LogP) is 2.18. The molecule has 1 amide bonds. The van der Waals surface area contributed by atoms with Crippen LogP contribution in [0.2, 0.25) is 0 Å². The quantitative estimate of drug-likeness (QED) is 0.866. The molecule has 1 aromatic carbocycles. The number of halogens is 2. The third kappa shape index (κ3) is 4.50. The molecule has 4 nitrogen and oxygen atoms in total. The van der Waals surface area contributed by atoms with Gasteiger partial charge in [0.25, 0.3) is 0 Å². The van der Waals surface area contributed by atoms with Crippen LogP contribution in [0.25, 0.3) is 0 Å². The van der Waals surface area contributed by atoms with E-state index in [1.54, 1.807) is 13.8 Å². The molecule has 0 saturated carbocycles. The highest BCUT2D eigenvalue weighted by Gasteiger charge is 2.13. The summed E-state index contributed by atoms with van der Waals surface area (Å²) >= 11 is 0. The Balaban J connectivity index is 0.00000289. The Morgan fingerprint density at radius 1 is 1.56 bits per heavy atom. The average Bonchev–Trinajstić information content (AvgIpc) is 2.31.